The summed E-state index contributed by atoms with van der Waals surface area (Å²) in [7, 11) is 1.63. The summed E-state index contributed by atoms with van der Waals surface area (Å²) in [5.41, 5.74) is 0. The molecule has 7 nitrogen and oxygen atoms in total. The van der Waals surface area contributed by atoms with Crippen LogP contribution in [0.2, 0.25) is 0 Å². The molecule has 1 unspecified atom stereocenters. The van der Waals surface area contributed by atoms with Crippen LogP contribution in [0.3, 0.4) is 0 Å². The molecule has 1 fully saturated rings. The quantitative estimate of drug-likeness (QED) is 0.622. The van der Waals surface area contributed by atoms with Crippen molar-refractivity contribution in [3.05, 3.63) is 48.7 Å². The summed E-state index contributed by atoms with van der Waals surface area (Å²) in [6, 6.07) is 13.4. The van der Waals surface area contributed by atoms with Crippen LogP contribution >= 0.6 is 0 Å². The van der Waals surface area contributed by atoms with E-state index in [1.165, 1.54) is 0 Å². The highest BCUT2D eigenvalue weighted by Gasteiger charge is 2.20. The van der Waals surface area contributed by atoms with Crippen LogP contribution in [0.15, 0.2) is 48.7 Å². The second-order valence-corrected chi connectivity index (χ2v) is 6.73. The maximum absolute atomic E-state index is 10.2. The molecule has 28 heavy (non-hydrogen) atoms. The standard InChI is InChI=1S/C21H29N3O4/c1-26-19-5-4-6-20(15-19)28-14-13-27-17-18(25)16-23-9-11-24(12-10-23)21-7-2-3-8-22-21/h2-8,15,18,25H,9-14,16-17H2,1H3. The summed E-state index contributed by atoms with van der Waals surface area (Å²) in [4.78, 5) is 8.93. The van der Waals surface area contributed by atoms with Gasteiger partial charge >= 0.3 is 0 Å². The number of nitrogens with zero attached hydrogens (tertiary/aromatic N) is 3. The molecule has 1 aromatic heterocycles. The highest BCUT2D eigenvalue weighted by atomic mass is 16.5. The molecule has 152 valence electrons. The fourth-order valence-electron chi connectivity index (χ4n) is 3.18. The van der Waals surface area contributed by atoms with E-state index < -0.39 is 6.10 Å². The second kappa shape index (κ2) is 10.8. The van der Waals surface area contributed by atoms with Gasteiger partial charge in [0.15, 0.2) is 0 Å². The average Bonchev–Trinajstić information content (AvgIpc) is 2.75. The third-order valence-electron chi connectivity index (χ3n) is 4.66. The number of pyridine rings is 1. The number of piperazine rings is 1. The topological polar surface area (TPSA) is 67.3 Å². The number of hydrogen-bond donors (Lipinski definition) is 1. The number of aromatic nitrogens is 1. The van der Waals surface area contributed by atoms with Gasteiger partial charge in [0.25, 0.3) is 0 Å². The van der Waals surface area contributed by atoms with E-state index in [4.69, 9.17) is 14.2 Å². The number of ether oxygens (including phenoxy) is 3. The largest absolute Gasteiger partial charge is 0.497 e. The molecule has 0 saturated carbocycles. The molecule has 1 atom stereocenters. The van der Waals surface area contributed by atoms with Crippen LogP contribution in [0.5, 0.6) is 11.5 Å². The number of aliphatic hydroxyl groups excluding tert-OH is 1. The Morgan fingerprint density at radius 3 is 2.61 bits per heavy atom. The molecule has 2 aromatic rings. The molecule has 0 radical (unpaired) electrons. The van der Waals surface area contributed by atoms with E-state index in [9.17, 15) is 5.11 Å². The number of β-amino-alcohol motifs (C(OH)–C–C–N with tert-alkyl or cyclic N) is 1. The number of benzene rings is 1. The number of anilines is 1. The second-order valence-electron chi connectivity index (χ2n) is 6.73. The smallest absolute Gasteiger partial charge is 0.128 e. The van der Waals surface area contributed by atoms with Crippen molar-refractivity contribution < 1.29 is 19.3 Å². The Morgan fingerprint density at radius 2 is 1.86 bits per heavy atom. The summed E-state index contributed by atoms with van der Waals surface area (Å²) in [6.07, 6.45) is 1.32. The minimum absolute atomic E-state index is 0.307. The van der Waals surface area contributed by atoms with Gasteiger partial charge < -0.3 is 24.2 Å². The van der Waals surface area contributed by atoms with Gasteiger partial charge in [0.05, 0.1) is 26.4 Å². The molecule has 1 aromatic carbocycles. The number of methoxy groups -OCH3 is 1. The molecule has 0 amide bonds. The SMILES string of the molecule is COc1cccc(OCCOCC(O)CN2CCN(c3ccccn3)CC2)c1. The van der Waals surface area contributed by atoms with Gasteiger partial charge in [0.2, 0.25) is 0 Å². The zero-order valence-corrected chi connectivity index (χ0v) is 16.4. The minimum atomic E-state index is -0.502. The summed E-state index contributed by atoms with van der Waals surface area (Å²) < 4.78 is 16.3. The Kier molecular flexibility index (Phi) is 7.90. The van der Waals surface area contributed by atoms with E-state index in [-0.39, 0.29) is 0 Å². The number of hydrogen-bond acceptors (Lipinski definition) is 7. The molecular weight excluding hydrogens is 358 g/mol. The van der Waals surface area contributed by atoms with Gasteiger partial charge in [-0.15, -0.1) is 0 Å². The molecule has 2 heterocycles. The Bertz CT molecular complexity index is 693. The number of aliphatic hydroxyl groups is 1. The van der Waals surface area contributed by atoms with Crippen LogP contribution in [0, 0.1) is 0 Å². The summed E-state index contributed by atoms with van der Waals surface area (Å²) >= 11 is 0. The molecule has 3 rings (SSSR count). The van der Waals surface area contributed by atoms with Crippen LogP contribution in [0.25, 0.3) is 0 Å². The predicted octanol–water partition coefficient (Wildman–Crippen LogP) is 1.67. The van der Waals surface area contributed by atoms with Gasteiger partial charge in [0.1, 0.15) is 23.9 Å². The van der Waals surface area contributed by atoms with Crippen molar-refractivity contribution in [3.63, 3.8) is 0 Å². The van der Waals surface area contributed by atoms with Crippen molar-refractivity contribution in [1.29, 1.82) is 0 Å². The van der Waals surface area contributed by atoms with Crippen molar-refractivity contribution >= 4 is 5.82 Å². The monoisotopic (exact) mass is 387 g/mol. The van der Waals surface area contributed by atoms with Gasteiger partial charge in [-0.05, 0) is 24.3 Å². The van der Waals surface area contributed by atoms with Crippen molar-refractivity contribution in [2.75, 3.05) is 64.6 Å². The molecule has 1 N–H and O–H groups in total. The van der Waals surface area contributed by atoms with E-state index in [2.05, 4.69) is 14.8 Å². The van der Waals surface area contributed by atoms with E-state index in [1.54, 1.807) is 7.11 Å². The first kappa shape index (κ1) is 20.4. The summed E-state index contributed by atoms with van der Waals surface area (Å²) in [5, 5.41) is 10.2. The highest BCUT2D eigenvalue weighted by Crippen LogP contribution is 2.18. The fourth-order valence-corrected chi connectivity index (χ4v) is 3.18. The van der Waals surface area contributed by atoms with Gasteiger partial charge in [-0.1, -0.05) is 12.1 Å². The van der Waals surface area contributed by atoms with E-state index in [1.807, 2.05) is 48.7 Å². The lowest BCUT2D eigenvalue weighted by atomic mass is 10.2. The average molecular weight is 387 g/mol. The zero-order valence-electron chi connectivity index (χ0n) is 16.4. The van der Waals surface area contributed by atoms with Crippen molar-refractivity contribution in [1.82, 2.24) is 9.88 Å². The molecule has 1 saturated heterocycles. The first-order chi connectivity index (χ1) is 13.7. The zero-order chi connectivity index (χ0) is 19.6. The Balaban J connectivity index is 1.27. The van der Waals surface area contributed by atoms with E-state index in [0.29, 0.717) is 26.4 Å². The van der Waals surface area contributed by atoms with Crippen LogP contribution in [0.4, 0.5) is 5.82 Å². The molecule has 0 aliphatic carbocycles. The Morgan fingerprint density at radius 1 is 1.04 bits per heavy atom. The molecule has 1 aliphatic heterocycles. The molecule has 1 aliphatic rings. The maximum atomic E-state index is 10.2. The van der Waals surface area contributed by atoms with Crippen molar-refractivity contribution in [3.8, 4) is 11.5 Å². The molecule has 0 spiro atoms. The Hall–Kier alpha value is -2.35. The van der Waals surface area contributed by atoms with Gasteiger partial charge in [-0.3, -0.25) is 4.90 Å². The predicted molar refractivity (Wildman–Crippen MR) is 108 cm³/mol. The minimum Gasteiger partial charge on any atom is -0.497 e. The summed E-state index contributed by atoms with van der Waals surface area (Å²) in [6.45, 7) is 5.44. The van der Waals surface area contributed by atoms with Crippen LogP contribution in [-0.2, 0) is 4.74 Å². The molecule has 0 bridgehead atoms. The first-order valence-corrected chi connectivity index (χ1v) is 9.65. The van der Waals surface area contributed by atoms with Gasteiger partial charge in [-0.25, -0.2) is 4.98 Å². The third-order valence-corrected chi connectivity index (χ3v) is 4.66. The first-order valence-electron chi connectivity index (χ1n) is 9.65. The summed E-state index contributed by atoms with van der Waals surface area (Å²) in [5.74, 6) is 2.52. The van der Waals surface area contributed by atoms with Crippen LogP contribution in [0.1, 0.15) is 0 Å². The lowest BCUT2D eigenvalue weighted by Crippen LogP contribution is -2.49. The third kappa shape index (κ3) is 6.37. The van der Waals surface area contributed by atoms with Crippen molar-refractivity contribution in [2.45, 2.75) is 6.10 Å². The van der Waals surface area contributed by atoms with Gasteiger partial charge in [-0.2, -0.15) is 0 Å². The number of rotatable bonds is 10. The lowest BCUT2D eigenvalue weighted by molar-refractivity contribution is 0.00715. The van der Waals surface area contributed by atoms with E-state index in [0.717, 1.165) is 43.5 Å². The van der Waals surface area contributed by atoms with Crippen LogP contribution in [-0.4, -0.2) is 80.7 Å². The normalized spacial score (nSPS) is 16.0. The highest BCUT2D eigenvalue weighted by molar-refractivity contribution is 5.38. The fraction of sp³-hybridized carbons (Fsp3) is 0.476. The van der Waals surface area contributed by atoms with Crippen LogP contribution < -0.4 is 14.4 Å². The van der Waals surface area contributed by atoms with Gasteiger partial charge in [0, 0.05) is 45.0 Å². The van der Waals surface area contributed by atoms with E-state index >= 15 is 0 Å². The van der Waals surface area contributed by atoms with Crippen molar-refractivity contribution in [2.24, 2.45) is 0 Å². The Labute approximate surface area is 166 Å². The molecule has 7 heteroatoms. The molecular formula is C21H29N3O4. The lowest BCUT2D eigenvalue weighted by Gasteiger charge is -2.36. The maximum Gasteiger partial charge on any atom is 0.128 e.